The molecule has 2 rings (SSSR count). The molecule has 1 fully saturated rings. The summed E-state index contributed by atoms with van der Waals surface area (Å²) in [6, 6.07) is 3.70. The van der Waals surface area contributed by atoms with Gasteiger partial charge in [-0.2, -0.15) is 0 Å². The van der Waals surface area contributed by atoms with Crippen LogP contribution in [-0.4, -0.2) is 39.8 Å². The van der Waals surface area contributed by atoms with Gasteiger partial charge in [0.15, 0.2) is 0 Å². The minimum atomic E-state index is -0.605. The maximum atomic E-state index is 12.0. The van der Waals surface area contributed by atoms with Crippen LogP contribution >= 0.6 is 0 Å². The molecular formula is C17H26N2O3. The molecule has 5 nitrogen and oxygen atoms in total. The van der Waals surface area contributed by atoms with E-state index in [1.165, 1.54) is 0 Å². The van der Waals surface area contributed by atoms with E-state index in [4.69, 9.17) is 4.74 Å². The van der Waals surface area contributed by atoms with Gasteiger partial charge in [-0.15, -0.1) is 0 Å². The minimum absolute atomic E-state index is 0.232. The zero-order chi connectivity index (χ0) is 16.5. The summed E-state index contributed by atoms with van der Waals surface area (Å²) in [7, 11) is 0. The first kappa shape index (κ1) is 16.7. The highest BCUT2D eigenvalue weighted by atomic mass is 16.6. The molecule has 1 aliphatic heterocycles. The summed E-state index contributed by atoms with van der Waals surface area (Å²) in [5, 5.41) is 10.6. The number of nitrogens with zero attached hydrogens (tertiary/aromatic N) is 2. The number of hydrogen-bond donors (Lipinski definition) is 1. The summed E-state index contributed by atoms with van der Waals surface area (Å²) in [6.45, 7) is 10.9. The Morgan fingerprint density at radius 1 is 1.36 bits per heavy atom. The van der Waals surface area contributed by atoms with Crippen molar-refractivity contribution < 1.29 is 14.6 Å². The number of aliphatic hydroxyl groups is 1. The van der Waals surface area contributed by atoms with Crippen molar-refractivity contribution >= 4 is 6.09 Å². The predicted molar refractivity (Wildman–Crippen MR) is 84.3 cm³/mol. The van der Waals surface area contributed by atoms with Crippen molar-refractivity contribution in [1.82, 2.24) is 9.88 Å². The molecule has 0 saturated carbocycles. The Bertz CT molecular complexity index is 516. The van der Waals surface area contributed by atoms with Gasteiger partial charge in [0.05, 0.1) is 6.10 Å². The summed E-state index contributed by atoms with van der Waals surface area (Å²) in [4.78, 5) is 17.7. The number of aliphatic hydroxyl groups excluding tert-OH is 1. The molecule has 0 spiro atoms. The second-order valence-corrected chi connectivity index (χ2v) is 7.59. The van der Waals surface area contributed by atoms with Crippen LogP contribution < -0.4 is 0 Å². The quantitative estimate of drug-likeness (QED) is 0.932. The normalized spacial score (nSPS) is 17.8. The zero-order valence-corrected chi connectivity index (χ0v) is 14.0. The maximum absolute atomic E-state index is 12.0. The monoisotopic (exact) mass is 306 g/mol. The highest BCUT2D eigenvalue weighted by Crippen LogP contribution is 2.44. The number of aromatic nitrogens is 1. The standard InChI is InChI=1S/C17H26N2O3/c1-16(2,3)22-15(21)19-10-13(11-19)17(4,5)14(20)12-7-6-8-18-9-12/h6-9,13-14,20H,10-11H2,1-5H3. The first-order valence-electron chi connectivity index (χ1n) is 7.67. The van der Waals surface area contributed by atoms with Crippen LogP contribution in [0.2, 0.25) is 0 Å². The van der Waals surface area contributed by atoms with Crippen molar-refractivity contribution in [2.24, 2.45) is 11.3 Å². The van der Waals surface area contributed by atoms with Crippen molar-refractivity contribution in [1.29, 1.82) is 0 Å². The molecule has 122 valence electrons. The van der Waals surface area contributed by atoms with Gasteiger partial charge in [-0.05, 0) is 32.4 Å². The molecule has 0 radical (unpaired) electrons. The number of carbonyl (C=O) groups excluding carboxylic acids is 1. The first-order chi connectivity index (χ1) is 10.1. The van der Waals surface area contributed by atoms with Crippen molar-refractivity contribution in [2.45, 2.75) is 46.3 Å². The van der Waals surface area contributed by atoms with Crippen molar-refractivity contribution in [3.8, 4) is 0 Å². The topological polar surface area (TPSA) is 62.7 Å². The van der Waals surface area contributed by atoms with Crippen molar-refractivity contribution in [2.75, 3.05) is 13.1 Å². The van der Waals surface area contributed by atoms with Crippen molar-refractivity contribution in [3.05, 3.63) is 30.1 Å². The number of ether oxygens (including phenoxy) is 1. The lowest BCUT2D eigenvalue weighted by atomic mass is 9.69. The van der Waals surface area contributed by atoms with Crippen LogP contribution in [0.1, 0.15) is 46.3 Å². The Labute approximate surface area is 132 Å². The van der Waals surface area contributed by atoms with Crippen LogP contribution in [0.15, 0.2) is 24.5 Å². The third kappa shape index (κ3) is 3.58. The lowest BCUT2D eigenvalue weighted by molar-refractivity contribution is -0.0681. The second-order valence-electron chi connectivity index (χ2n) is 7.59. The average Bonchev–Trinajstić information content (AvgIpc) is 2.34. The Morgan fingerprint density at radius 3 is 2.50 bits per heavy atom. The molecule has 0 aliphatic carbocycles. The summed E-state index contributed by atoms with van der Waals surface area (Å²) in [6.07, 6.45) is 2.50. The molecule has 1 unspecified atom stereocenters. The molecule has 0 bridgehead atoms. The molecule has 1 N–H and O–H groups in total. The van der Waals surface area contributed by atoms with E-state index >= 15 is 0 Å². The van der Waals surface area contributed by atoms with Crippen LogP contribution in [-0.2, 0) is 4.74 Å². The van der Waals surface area contributed by atoms with E-state index < -0.39 is 11.7 Å². The maximum Gasteiger partial charge on any atom is 0.410 e. The SMILES string of the molecule is CC(C)(C)OC(=O)N1CC(C(C)(C)C(O)c2cccnc2)C1. The van der Waals surface area contributed by atoms with E-state index in [9.17, 15) is 9.90 Å². The van der Waals surface area contributed by atoms with Crippen LogP contribution in [0.4, 0.5) is 4.79 Å². The highest BCUT2D eigenvalue weighted by molar-refractivity contribution is 5.69. The lowest BCUT2D eigenvalue weighted by Gasteiger charge is -2.49. The summed E-state index contributed by atoms with van der Waals surface area (Å²) in [5.41, 5.74) is -0.00252. The molecule has 2 heterocycles. The van der Waals surface area contributed by atoms with Crippen LogP contribution in [0.25, 0.3) is 0 Å². The Morgan fingerprint density at radius 2 is 2.00 bits per heavy atom. The number of rotatable bonds is 3. The van der Waals surface area contributed by atoms with Gasteiger partial charge >= 0.3 is 6.09 Å². The second kappa shape index (κ2) is 5.88. The Hall–Kier alpha value is -1.62. The molecule has 1 amide bonds. The van der Waals surface area contributed by atoms with Crippen LogP contribution in [0, 0.1) is 11.3 Å². The molecule has 0 aromatic carbocycles. The van der Waals surface area contributed by atoms with E-state index in [0.717, 1.165) is 5.56 Å². The van der Waals surface area contributed by atoms with E-state index in [1.54, 1.807) is 17.3 Å². The Balaban J connectivity index is 1.95. The largest absolute Gasteiger partial charge is 0.444 e. The molecule has 1 aromatic heterocycles. The lowest BCUT2D eigenvalue weighted by Crippen LogP contribution is -2.57. The zero-order valence-electron chi connectivity index (χ0n) is 14.0. The van der Waals surface area contributed by atoms with Crippen LogP contribution in [0.5, 0.6) is 0 Å². The molecule has 1 aliphatic rings. The molecule has 1 aromatic rings. The molecule has 1 atom stereocenters. The summed E-state index contributed by atoms with van der Waals surface area (Å²) < 4.78 is 5.36. The fourth-order valence-electron chi connectivity index (χ4n) is 2.62. The number of amides is 1. The average molecular weight is 306 g/mol. The minimum Gasteiger partial charge on any atom is -0.444 e. The number of carbonyl (C=O) groups is 1. The Kier molecular flexibility index (Phi) is 4.47. The number of pyridine rings is 1. The highest BCUT2D eigenvalue weighted by Gasteiger charge is 2.46. The molecule has 1 saturated heterocycles. The van der Waals surface area contributed by atoms with Gasteiger partial charge in [-0.25, -0.2) is 4.79 Å². The van der Waals surface area contributed by atoms with Gasteiger partial charge < -0.3 is 14.7 Å². The smallest absolute Gasteiger partial charge is 0.410 e. The fourth-order valence-corrected chi connectivity index (χ4v) is 2.62. The van der Waals surface area contributed by atoms with Gasteiger partial charge in [0.25, 0.3) is 0 Å². The van der Waals surface area contributed by atoms with E-state index in [0.29, 0.717) is 13.1 Å². The fraction of sp³-hybridized carbons (Fsp3) is 0.647. The molecule has 22 heavy (non-hydrogen) atoms. The van der Waals surface area contributed by atoms with E-state index in [1.807, 2.05) is 46.8 Å². The van der Waals surface area contributed by atoms with Gasteiger partial charge in [0.1, 0.15) is 5.60 Å². The number of hydrogen-bond acceptors (Lipinski definition) is 4. The predicted octanol–water partition coefficient (Wildman–Crippen LogP) is 3.01. The van der Waals surface area contributed by atoms with Gasteiger partial charge in [-0.1, -0.05) is 19.9 Å². The van der Waals surface area contributed by atoms with E-state index in [2.05, 4.69) is 4.98 Å². The summed E-state index contributed by atoms with van der Waals surface area (Å²) >= 11 is 0. The van der Waals surface area contributed by atoms with Crippen LogP contribution in [0.3, 0.4) is 0 Å². The number of likely N-dealkylation sites (tertiary alicyclic amines) is 1. The van der Waals surface area contributed by atoms with Gasteiger partial charge in [0, 0.05) is 36.8 Å². The third-order valence-electron chi connectivity index (χ3n) is 4.29. The van der Waals surface area contributed by atoms with Gasteiger partial charge in [0.2, 0.25) is 0 Å². The summed E-state index contributed by atoms with van der Waals surface area (Å²) in [5.74, 6) is 0.232. The first-order valence-corrected chi connectivity index (χ1v) is 7.67. The molecule has 5 heteroatoms. The molecular weight excluding hydrogens is 280 g/mol. The van der Waals surface area contributed by atoms with Gasteiger partial charge in [-0.3, -0.25) is 4.98 Å². The van der Waals surface area contributed by atoms with Crippen molar-refractivity contribution in [3.63, 3.8) is 0 Å². The third-order valence-corrected chi connectivity index (χ3v) is 4.29. The van der Waals surface area contributed by atoms with E-state index in [-0.39, 0.29) is 17.4 Å².